The molecule has 0 fully saturated rings. The van der Waals surface area contributed by atoms with E-state index in [0.29, 0.717) is 28.2 Å². The zero-order valence-electron chi connectivity index (χ0n) is 13.2. The summed E-state index contributed by atoms with van der Waals surface area (Å²) in [7, 11) is 0. The summed E-state index contributed by atoms with van der Waals surface area (Å²) in [5, 5.41) is 2.86. The number of hydrogen-bond acceptors (Lipinski definition) is 3. The van der Waals surface area contributed by atoms with Crippen molar-refractivity contribution in [2.24, 2.45) is 5.41 Å². The number of carbonyl (C=O) groups is 1. The molecular formula is C18H17FN2O2. The molecular weight excluding hydrogens is 295 g/mol. The maximum absolute atomic E-state index is 13.0. The molecule has 1 N–H and O–H groups in total. The number of aromatic nitrogens is 1. The van der Waals surface area contributed by atoms with Crippen LogP contribution in [0.5, 0.6) is 0 Å². The third kappa shape index (κ3) is 3.23. The Bertz CT molecular complexity index is 861. The van der Waals surface area contributed by atoms with Gasteiger partial charge in [-0.15, -0.1) is 0 Å². The monoisotopic (exact) mass is 312 g/mol. The highest BCUT2D eigenvalue weighted by Gasteiger charge is 2.21. The lowest BCUT2D eigenvalue weighted by Gasteiger charge is -2.17. The van der Waals surface area contributed by atoms with Crippen LogP contribution in [-0.2, 0) is 4.79 Å². The van der Waals surface area contributed by atoms with Crippen LogP contribution in [0.3, 0.4) is 0 Å². The van der Waals surface area contributed by atoms with E-state index in [9.17, 15) is 9.18 Å². The summed E-state index contributed by atoms with van der Waals surface area (Å²) in [6, 6.07) is 11.2. The smallest absolute Gasteiger partial charge is 0.229 e. The maximum Gasteiger partial charge on any atom is 0.229 e. The molecule has 1 heterocycles. The van der Waals surface area contributed by atoms with Crippen LogP contribution < -0.4 is 5.32 Å². The molecule has 2 aromatic carbocycles. The molecule has 1 aromatic heterocycles. The Morgan fingerprint density at radius 3 is 2.48 bits per heavy atom. The van der Waals surface area contributed by atoms with Crippen LogP contribution in [-0.4, -0.2) is 10.9 Å². The van der Waals surface area contributed by atoms with E-state index in [-0.39, 0.29) is 11.7 Å². The van der Waals surface area contributed by atoms with Crippen molar-refractivity contribution in [2.75, 3.05) is 5.32 Å². The van der Waals surface area contributed by atoms with Crippen LogP contribution in [0.1, 0.15) is 20.8 Å². The van der Waals surface area contributed by atoms with E-state index in [0.717, 1.165) is 0 Å². The topological polar surface area (TPSA) is 55.1 Å². The summed E-state index contributed by atoms with van der Waals surface area (Å²) in [5.41, 5.74) is 2.13. The maximum atomic E-state index is 13.0. The van der Waals surface area contributed by atoms with Gasteiger partial charge in [0, 0.05) is 16.7 Å². The SMILES string of the molecule is CC(C)(C)C(=O)Nc1ccc2oc(-c3ccc(F)cc3)nc2c1. The Balaban J connectivity index is 1.92. The van der Waals surface area contributed by atoms with Crippen molar-refractivity contribution in [1.29, 1.82) is 0 Å². The standard InChI is InChI=1S/C18H17FN2O2/c1-18(2,3)17(22)20-13-8-9-15-14(10-13)21-16(23-15)11-4-6-12(19)7-5-11/h4-10H,1-3H3,(H,20,22). The molecule has 0 atom stereocenters. The van der Waals surface area contributed by atoms with Crippen molar-refractivity contribution in [2.45, 2.75) is 20.8 Å². The predicted octanol–water partition coefficient (Wildman–Crippen LogP) is 4.62. The summed E-state index contributed by atoms with van der Waals surface area (Å²) < 4.78 is 18.7. The first-order valence-corrected chi connectivity index (χ1v) is 7.31. The fourth-order valence-electron chi connectivity index (χ4n) is 2.04. The fraction of sp³-hybridized carbons (Fsp3) is 0.222. The van der Waals surface area contributed by atoms with Gasteiger partial charge in [-0.3, -0.25) is 4.79 Å². The van der Waals surface area contributed by atoms with Gasteiger partial charge < -0.3 is 9.73 Å². The Kier molecular flexibility index (Phi) is 3.64. The molecule has 0 saturated heterocycles. The van der Waals surface area contributed by atoms with E-state index in [4.69, 9.17) is 4.42 Å². The van der Waals surface area contributed by atoms with Gasteiger partial charge in [-0.1, -0.05) is 20.8 Å². The lowest BCUT2D eigenvalue weighted by molar-refractivity contribution is -0.123. The molecule has 0 unspecified atom stereocenters. The Labute approximate surface area is 133 Å². The van der Waals surface area contributed by atoms with Crippen molar-refractivity contribution in [1.82, 2.24) is 4.98 Å². The minimum atomic E-state index is -0.474. The third-order valence-corrected chi connectivity index (χ3v) is 3.42. The van der Waals surface area contributed by atoms with E-state index >= 15 is 0 Å². The first-order chi connectivity index (χ1) is 10.8. The highest BCUT2D eigenvalue weighted by atomic mass is 19.1. The highest BCUT2D eigenvalue weighted by molar-refractivity contribution is 5.96. The molecule has 0 bridgehead atoms. The predicted molar refractivity (Wildman–Crippen MR) is 87.5 cm³/mol. The highest BCUT2D eigenvalue weighted by Crippen LogP contribution is 2.27. The van der Waals surface area contributed by atoms with Gasteiger partial charge in [0.05, 0.1) is 0 Å². The minimum absolute atomic E-state index is 0.0703. The second kappa shape index (κ2) is 5.50. The summed E-state index contributed by atoms with van der Waals surface area (Å²) >= 11 is 0. The average molecular weight is 312 g/mol. The van der Waals surface area contributed by atoms with Gasteiger partial charge in [0.1, 0.15) is 11.3 Å². The second-order valence-electron chi connectivity index (χ2n) is 6.41. The van der Waals surface area contributed by atoms with Gasteiger partial charge in [-0.05, 0) is 42.5 Å². The van der Waals surface area contributed by atoms with Gasteiger partial charge in [0.25, 0.3) is 0 Å². The first kappa shape index (κ1) is 15.2. The average Bonchev–Trinajstić information content (AvgIpc) is 2.90. The number of benzene rings is 2. The normalized spacial score (nSPS) is 11.7. The van der Waals surface area contributed by atoms with Crippen molar-refractivity contribution >= 4 is 22.7 Å². The van der Waals surface area contributed by atoms with E-state index in [1.165, 1.54) is 12.1 Å². The Morgan fingerprint density at radius 1 is 1.13 bits per heavy atom. The molecule has 0 aliphatic heterocycles. The zero-order chi connectivity index (χ0) is 16.6. The van der Waals surface area contributed by atoms with E-state index < -0.39 is 5.41 Å². The number of fused-ring (bicyclic) bond motifs is 1. The van der Waals surface area contributed by atoms with Crippen LogP contribution in [0, 0.1) is 11.2 Å². The molecule has 0 spiro atoms. The number of amides is 1. The van der Waals surface area contributed by atoms with Crippen LogP contribution in [0.2, 0.25) is 0 Å². The van der Waals surface area contributed by atoms with E-state index in [1.54, 1.807) is 30.3 Å². The van der Waals surface area contributed by atoms with Gasteiger partial charge in [-0.25, -0.2) is 9.37 Å². The molecule has 0 radical (unpaired) electrons. The van der Waals surface area contributed by atoms with Crippen molar-refractivity contribution in [3.63, 3.8) is 0 Å². The minimum Gasteiger partial charge on any atom is -0.436 e. The van der Waals surface area contributed by atoms with Crippen LogP contribution >= 0.6 is 0 Å². The molecule has 3 rings (SSSR count). The molecule has 4 nitrogen and oxygen atoms in total. The Morgan fingerprint density at radius 2 is 1.83 bits per heavy atom. The summed E-state index contributed by atoms with van der Waals surface area (Å²) in [6.45, 7) is 5.55. The molecule has 0 aliphatic rings. The quantitative estimate of drug-likeness (QED) is 0.751. The molecule has 1 amide bonds. The largest absolute Gasteiger partial charge is 0.436 e. The van der Waals surface area contributed by atoms with Crippen molar-refractivity contribution in [3.05, 3.63) is 48.3 Å². The molecule has 118 valence electrons. The van der Waals surface area contributed by atoms with Gasteiger partial charge in [0.15, 0.2) is 5.58 Å². The van der Waals surface area contributed by atoms with Crippen molar-refractivity contribution < 1.29 is 13.6 Å². The number of carbonyl (C=O) groups excluding carboxylic acids is 1. The number of nitrogens with zero attached hydrogens (tertiary/aromatic N) is 1. The summed E-state index contributed by atoms with van der Waals surface area (Å²) in [4.78, 5) is 16.4. The third-order valence-electron chi connectivity index (χ3n) is 3.42. The van der Waals surface area contributed by atoms with Gasteiger partial charge in [-0.2, -0.15) is 0 Å². The number of oxazole rings is 1. The fourth-order valence-corrected chi connectivity index (χ4v) is 2.04. The molecule has 0 saturated carbocycles. The number of anilines is 1. The van der Waals surface area contributed by atoms with E-state index in [1.807, 2.05) is 20.8 Å². The Hall–Kier alpha value is -2.69. The molecule has 5 heteroatoms. The molecule has 0 aliphatic carbocycles. The van der Waals surface area contributed by atoms with Crippen molar-refractivity contribution in [3.8, 4) is 11.5 Å². The van der Waals surface area contributed by atoms with Gasteiger partial charge >= 0.3 is 0 Å². The second-order valence-corrected chi connectivity index (χ2v) is 6.41. The molecule has 23 heavy (non-hydrogen) atoms. The summed E-state index contributed by atoms with van der Waals surface area (Å²) in [6.07, 6.45) is 0. The lowest BCUT2D eigenvalue weighted by atomic mass is 9.95. The molecule has 3 aromatic rings. The lowest BCUT2D eigenvalue weighted by Crippen LogP contribution is -2.27. The number of halogens is 1. The van der Waals surface area contributed by atoms with Gasteiger partial charge in [0.2, 0.25) is 11.8 Å². The van der Waals surface area contributed by atoms with E-state index in [2.05, 4.69) is 10.3 Å². The first-order valence-electron chi connectivity index (χ1n) is 7.31. The number of nitrogens with one attached hydrogen (secondary N) is 1. The number of rotatable bonds is 2. The van der Waals surface area contributed by atoms with Crippen LogP contribution in [0.25, 0.3) is 22.6 Å². The summed E-state index contributed by atoms with van der Waals surface area (Å²) in [5.74, 6) is 0.0374. The van der Waals surface area contributed by atoms with Crippen LogP contribution in [0.4, 0.5) is 10.1 Å². The zero-order valence-corrected chi connectivity index (χ0v) is 13.2. The number of hydrogen-bond donors (Lipinski definition) is 1. The van der Waals surface area contributed by atoms with Crippen LogP contribution in [0.15, 0.2) is 46.9 Å².